The molecule has 0 unspecified atom stereocenters. The first-order valence-electron chi connectivity index (χ1n) is 9.49. The predicted molar refractivity (Wildman–Crippen MR) is 99.5 cm³/mol. The van der Waals surface area contributed by atoms with Crippen LogP contribution in [0.3, 0.4) is 0 Å². The van der Waals surface area contributed by atoms with E-state index in [1.54, 1.807) is 0 Å². The van der Waals surface area contributed by atoms with Crippen LogP contribution in [0.2, 0.25) is 0 Å². The molecule has 0 saturated carbocycles. The highest BCUT2D eigenvalue weighted by molar-refractivity contribution is 5.76. The van der Waals surface area contributed by atoms with Crippen LogP contribution in [0.25, 0.3) is 0 Å². The van der Waals surface area contributed by atoms with E-state index in [9.17, 15) is 9.90 Å². The van der Waals surface area contributed by atoms with Gasteiger partial charge >= 0.3 is 0 Å². The summed E-state index contributed by atoms with van der Waals surface area (Å²) in [6, 6.07) is 10.3. The van der Waals surface area contributed by atoms with Gasteiger partial charge in [0.25, 0.3) is 0 Å². The van der Waals surface area contributed by atoms with Gasteiger partial charge in [-0.2, -0.15) is 5.10 Å². The summed E-state index contributed by atoms with van der Waals surface area (Å²) in [6.07, 6.45) is 4.16. The summed E-state index contributed by atoms with van der Waals surface area (Å²) in [6.45, 7) is 3.32. The lowest BCUT2D eigenvalue weighted by Gasteiger charge is -2.34. The number of hydrogen-bond donors (Lipinski definition) is 2. The maximum Gasteiger partial charge on any atom is 0.223 e. The van der Waals surface area contributed by atoms with E-state index in [0.29, 0.717) is 24.6 Å². The number of aliphatic hydroxyl groups excluding tert-OH is 1. The van der Waals surface area contributed by atoms with Crippen LogP contribution < -0.4 is 0 Å². The fourth-order valence-corrected chi connectivity index (χ4v) is 3.61. The normalized spacial score (nSPS) is 16.6. The fraction of sp³-hybridized carbons (Fsp3) is 0.550. The lowest BCUT2D eigenvalue weighted by Crippen LogP contribution is -2.41. The maximum absolute atomic E-state index is 12.4. The predicted octanol–water partition coefficient (Wildman–Crippen LogP) is 2.28. The van der Waals surface area contributed by atoms with Crippen LogP contribution >= 0.6 is 0 Å². The molecular formula is C20H28N4O2. The van der Waals surface area contributed by atoms with Gasteiger partial charge in [-0.15, -0.1) is 0 Å². The minimum atomic E-state index is -0.288. The highest BCUT2D eigenvalue weighted by Gasteiger charge is 2.27. The zero-order chi connectivity index (χ0) is 18.4. The first-order chi connectivity index (χ1) is 12.6. The number of carbonyl (C=O) groups excluding carboxylic acids is 1. The molecule has 3 rings (SSSR count). The van der Waals surface area contributed by atoms with Gasteiger partial charge < -0.3 is 10.0 Å². The summed E-state index contributed by atoms with van der Waals surface area (Å²) in [5, 5.41) is 17.4. The second-order valence-electron chi connectivity index (χ2n) is 7.15. The monoisotopic (exact) mass is 356 g/mol. The van der Waals surface area contributed by atoms with Crippen LogP contribution in [0.4, 0.5) is 0 Å². The lowest BCUT2D eigenvalue weighted by molar-refractivity contribution is -0.133. The summed E-state index contributed by atoms with van der Waals surface area (Å²) in [4.78, 5) is 18.5. The fourth-order valence-electron chi connectivity index (χ4n) is 3.61. The molecular weight excluding hydrogens is 328 g/mol. The van der Waals surface area contributed by atoms with Gasteiger partial charge in [-0.25, -0.2) is 4.98 Å². The molecule has 1 amide bonds. The number of piperidine rings is 1. The number of amides is 1. The van der Waals surface area contributed by atoms with E-state index in [1.807, 2.05) is 30.0 Å². The van der Waals surface area contributed by atoms with E-state index in [1.165, 1.54) is 5.56 Å². The van der Waals surface area contributed by atoms with E-state index >= 15 is 0 Å². The van der Waals surface area contributed by atoms with E-state index < -0.39 is 0 Å². The van der Waals surface area contributed by atoms with Crippen LogP contribution in [0, 0.1) is 12.8 Å². The van der Waals surface area contributed by atoms with Crippen molar-refractivity contribution in [3.05, 3.63) is 47.5 Å². The van der Waals surface area contributed by atoms with Crippen molar-refractivity contribution < 1.29 is 9.90 Å². The Morgan fingerprint density at radius 2 is 2.00 bits per heavy atom. The Balaban J connectivity index is 1.38. The van der Waals surface area contributed by atoms with Gasteiger partial charge in [0.2, 0.25) is 5.91 Å². The molecule has 1 aliphatic heterocycles. The number of likely N-dealkylation sites (tertiary alicyclic amines) is 1. The van der Waals surface area contributed by atoms with Gasteiger partial charge in [-0.1, -0.05) is 30.3 Å². The summed E-state index contributed by atoms with van der Waals surface area (Å²) >= 11 is 0. The lowest BCUT2D eigenvalue weighted by atomic mass is 9.88. The van der Waals surface area contributed by atoms with Crippen molar-refractivity contribution in [3.8, 4) is 0 Å². The highest BCUT2D eigenvalue weighted by Crippen LogP contribution is 2.24. The molecule has 2 N–H and O–H groups in total. The average molecular weight is 356 g/mol. The molecule has 1 aromatic carbocycles. The van der Waals surface area contributed by atoms with Crippen molar-refractivity contribution in [2.45, 2.75) is 51.6 Å². The Morgan fingerprint density at radius 1 is 1.27 bits per heavy atom. The third-order valence-electron chi connectivity index (χ3n) is 5.21. The molecule has 1 saturated heterocycles. The van der Waals surface area contributed by atoms with E-state index in [0.717, 1.165) is 44.6 Å². The van der Waals surface area contributed by atoms with Crippen LogP contribution in [-0.2, 0) is 17.6 Å². The summed E-state index contributed by atoms with van der Waals surface area (Å²) in [5.41, 5.74) is 1.27. The molecule has 1 aromatic heterocycles. The van der Waals surface area contributed by atoms with Gasteiger partial charge in [0.15, 0.2) is 5.82 Å². The van der Waals surface area contributed by atoms with Crippen molar-refractivity contribution >= 4 is 5.91 Å². The molecule has 1 fully saturated rings. The number of aliphatic hydroxyl groups is 1. The molecule has 0 aliphatic carbocycles. The number of hydrogen-bond acceptors (Lipinski definition) is 4. The molecule has 6 heteroatoms. The molecule has 26 heavy (non-hydrogen) atoms. The van der Waals surface area contributed by atoms with Gasteiger partial charge in [-0.3, -0.25) is 9.89 Å². The SMILES string of the molecule is Cc1nc(CCC(=O)N2CCC([C@H](O)CCc3ccccc3)CC2)n[nH]1. The van der Waals surface area contributed by atoms with Gasteiger partial charge in [-0.05, 0) is 44.1 Å². The molecule has 0 spiro atoms. The van der Waals surface area contributed by atoms with Crippen molar-refractivity contribution in [1.29, 1.82) is 0 Å². The Morgan fingerprint density at radius 3 is 2.65 bits per heavy atom. The summed E-state index contributed by atoms with van der Waals surface area (Å²) in [5.74, 6) is 1.92. The first kappa shape index (κ1) is 18.6. The number of H-pyrrole nitrogens is 1. The molecule has 140 valence electrons. The van der Waals surface area contributed by atoms with Gasteiger partial charge in [0.05, 0.1) is 6.10 Å². The number of aromatic amines is 1. The number of carbonyl (C=O) groups is 1. The number of aryl methyl sites for hydroxylation is 3. The Kier molecular flexibility index (Phi) is 6.39. The topological polar surface area (TPSA) is 82.1 Å². The van der Waals surface area contributed by atoms with Crippen LogP contribution in [-0.4, -0.2) is 50.3 Å². The quantitative estimate of drug-likeness (QED) is 0.797. The maximum atomic E-state index is 12.4. The molecule has 2 aromatic rings. The largest absolute Gasteiger partial charge is 0.393 e. The van der Waals surface area contributed by atoms with Crippen molar-refractivity contribution in [2.75, 3.05) is 13.1 Å². The number of rotatable bonds is 7. The van der Waals surface area contributed by atoms with Crippen LogP contribution in [0.5, 0.6) is 0 Å². The van der Waals surface area contributed by atoms with Crippen molar-refractivity contribution in [2.24, 2.45) is 5.92 Å². The summed E-state index contributed by atoms with van der Waals surface area (Å²) < 4.78 is 0. The number of aromatic nitrogens is 3. The third kappa shape index (κ3) is 5.14. The van der Waals surface area contributed by atoms with Crippen LogP contribution in [0.1, 0.15) is 42.9 Å². The minimum absolute atomic E-state index is 0.157. The standard InChI is InChI=1S/C20H28N4O2/c1-15-21-19(23-22-15)9-10-20(26)24-13-11-17(12-14-24)18(25)8-7-16-5-3-2-4-6-16/h2-6,17-18,25H,7-14H2,1H3,(H,21,22,23)/t18-/m1/s1. The van der Waals surface area contributed by atoms with Crippen molar-refractivity contribution in [1.82, 2.24) is 20.1 Å². The molecule has 0 radical (unpaired) electrons. The summed E-state index contributed by atoms with van der Waals surface area (Å²) in [7, 11) is 0. The van der Waals surface area contributed by atoms with Gasteiger partial charge in [0, 0.05) is 25.9 Å². The smallest absolute Gasteiger partial charge is 0.223 e. The molecule has 2 heterocycles. The first-order valence-corrected chi connectivity index (χ1v) is 9.49. The zero-order valence-electron chi connectivity index (χ0n) is 15.4. The third-order valence-corrected chi connectivity index (χ3v) is 5.21. The molecule has 6 nitrogen and oxygen atoms in total. The molecule has 0 bridgehead atoms. The molecule has 1 aliphatic rings. The second-order valence-corrected chi connectivity index (χ2v) is 7.15. The number of nitrogens with zero attached hydrogens (tertiary/aromatic N) is 3. The highest BCUT2D eigenvalue weighted by atomic mass is 16.3. The Hall–Kier alpha value is -2.21. The van der Waals surface area contributed by atoms with Crippen molar-refractivity contribution in [3.63, 3.8) is 0 Å². The minimum Gasteiger partial charge on any atom is -0.393 e. The molecule has 1 atom stereocenters. The number of nitrogens with one attached hydrogen (secondary N) is 1. The van der Waals surface area contributed by atoms with E-state index in [4.69, 9.17) is 0 Å². The number of benzene rings is 1. The second kappa shape index (κ2) is 8.94. The van der Waals surface area contributed by atoms with E-state index in [2.05, 4.69) is 27.3 Å². The Labute approximate surface area is 154 Å². The van der Waals surface area contributed by atoms with Gasteiger partial charge in [0.1, 0.15) is 5.82 Å². The Bertz CT molecular complexity index is 693. The zero-order valence-corrected chi connectivity index (χ0v) is 15.4. The van der Waals surface area contributed by atoms with Crippen LogP contribution in [0.15, 0.2) is 30.3 Å². The average Bonchev–Trinajstić information content (AvgIpc) is 3.10. The van der Waals surface area contributed by atoms with E-state index in [-0.39, 0.29) is 12.0 Å².